The molecule has 3 heterocycles. The Labute approximate surface area is 183 Å². The number of nitrogens with zero attached hydrogens (tertiary/aromatic N) is 4. The maximum atomic E-state index is 5.91. The Morgan fingerprint density at radius 3 is 2.48 bits per heavy atom. The van der Waals surface area contributed by atoms with Crippen LogP contribution in [0.4, 0.5) is 5.69 Å². The predicted molar refractivity (Wildman–Crippen MR) is 126 cm³/mol. The minimum absolute atomic E-state index is 0.512. The highest BCUT2D eigenvalue weighted by Gasteiger charge is 2.20. The van der Waals surface area contributed by atoms with E-state index in [1.165, 1.54) is 35.9 Å². The van der Waals surface area contributed by atoms with Gasteiger partial charge in [0.25, 0.3) is 0 Å². The van der Waals surface area contributed by atoms with Crippen molar-refractivity contribution in [3.8, 4) is 17.1 Å². The lowest BCUT2D eigenvalue weighted by Crippen LogP contribution is -2.29. The zero-order valence-electron chi connectivity index (χ0n) is 18.2. The van der Waals surface area contributed by atoms with E-state index in [2.05, 4.69) is 41.3 Å². The first-order chi connectivity index (χ1) is 15.2. The van der Waals surface area contributed by atoms with Crippen molar-refractivity contribution in [3.05, 3.63) is 71.9 Å². The lowest BCUT2D eigenvalue weighted by Gasteiger charge is -2.29. The maximum Gasteiger partial charge on any atom is 0.213 e. The molecule has 1 fully saturated rings. The topological polar surface area (TPSA) is 43.2 Å². The first-order valence-electron chi connectivity index (χ1n) is 11.1. The number of rotatable bonds is 5. The Kier molecular flexibility index (Phi) is 5.33. The summed E-state index contributed by atoms with van der Waals surface area (Å²) in [4.78, 5) is 7.21. The molecule has 5 nitrogen and oxygen atoms in total. The van der Waals surface area contributed by atoms with E-state index in [4.69, 9.17) is 14.8 Å². The quantitative estimate of drug-likeness (QED) is 0.433. The molecule has 0 aliphatic carbocycles. The van der Waals surface area contributed by atoms with Crippen molar-refractivity contribution in [2.24, 2.45) is 7.05 Å². The third-order valence-corrected chi connectivity index (χ3v) is 6.09. The number of ether oxygens (including phenoxy) is 1. The Hall–Kier alpha value is -3.34. The monoisotopic (exact) mass is 412 g/mol. The molecule has 158 valence electrons. The van der Waals surface area contributed by atoms with Gasteiger partial charge in [-0.25, -0.2) is 4.98 Å². The summed E-state index contributed by atoms with van der Waals surface area (Å²) in [7, 11) is 2.04. The molecule has 1 saturated heterocycles. The van der Waals surface area contributed by atoms with E-state index in [1.807, 2.05) is 42.9 Å². The van der Waals surface area contributed by atoms with Crippen molar-refractivity contribution in [3.63, 3.8) is 0 Å². The molecule has 4 aromatic rings. The lowest BCUT2D eigenvalue weighted by atomic mass is 10.0. The number of fused-ring (bicyclic) bond motifs is 1. The third-order valence-electron chi connectivity index (χ3n) is 6.09. The molecule has 0 radical (unpaired) electrons. The van der Waals surface area contributed by atoms with Gasteiger partial charge in [-0.3, -0.25) is 4.68 Å². The first kappa shape index (κ1) is 19.6. The van der Waals surface area contributed by atoms with Crippen molar-refractivity contribution in [2.45, 2.75) is 32.8 Å². The summed E-state index contributed by atoms with van der Waals surface area (Å²) in [5, 5.41) is 6.08. The van der Waals surface area contributed by atoms with Gasteiger partial charge in [0.15, 0.2) is 0 Å². The fourth-order valence-electron chi connectivity index (χ4n) is 4.51. The van der Waals surface area contributed by atoms with Gasteiger partial charge in [-0.1, -0.05) is 42.5 Å². The van der Waals surface area contributed by atoms with Crippen LogP contribution in [-0.2, 0) is 13.7 Å². The number of aryl methyl sites for hydroxylation is 2. The Morgan fingerprint density at radius 1 is 0.903 bits per heavy atom. The summed E-state index contributed by atoms with van der Waals surface area (Å²) < 4.78 is 7.93. The summed E-state index contributed by atoms with van der Waals surface area (Å²) in [6.07, 6.45) is 3.84. The second-order valence-electron chi connectivity index (χ2n) is 8.25. The van der Waals surface area contributed by atoms with Crippen LogP contribution in [0.2, 0.25) is 0 Å². The van der Waals surface area contributed by atoms with Gasteiger partial charge in [-0.2, -0.15) is 5.10 Å². The molecule has 5 heteroatoms. The van der Waals surface area contributed by atoms with E-state index in [-0.39, 0.29) is 0 Å². The summed E-state index contributed by atoms with van der Waals surface area (Å²) in [6.45, 7) is 4.78. The fraction of sp³-hybridized carbons (Fsp3) is 0.308. The molecule has 1 aliphatic heterocycles. The summed E-state index contributed by atoms with van der Waals surface area (Å²) in [5.41, 5.74) is 6.57. The van der Waals surface area contributed by atoms with Gasteiger partial charge in [0.1, 0.15) is 12.3 Å². The summed E-state index contributed by atoms with van der Waals surface area (Å²) in [5.74, 6) is 0.638. The molecule has 0 N–H and O–H groups in total. The van der Waals surface area contributed by atoms with Gasteiger partial charge in [0.2, 0.25) is 5.88 Å². The molecule has 0 bridgehead atoms. The normalized spacial score (nSPS) is 14.2. The van der Waals surface area contributed by atoms with Crippen molar-refractivity contribution in [1.29, 1.82) is 0 Å². The maximum absolute atomic E-state index is 5.91. The zero-order chi connectivity index (χ0) is 21.2. The average Bonchev–Trinajstić information content (AvgIpc) is 3.15. The van der Waals surface area contributed by atoms with Crippen LogP contribution in [-0.4, -0.2) is 27.9 Å². The molecule has 0 unspecified atom stereocenters. The van der Waals surface area contributed by atoms with Crippen LogP contribution in [0.5, 0.6) is 5.88 Å². The summed E-state index contributed by atoms with van der Waals surface area (Å²) >= 11 is 0. The number of aromatic nitrogens is 3. The number of benzene rings is 2. The van der Waals surface area contributed by atoms with Crippen molar-refractivity contribution in [1.82, 2.24) is 14.8 Å². The van der Waals surface area contributed by atoms with Gasteiger partial charge >= 0.3 is 0 Å². The smallest absolute Gasteiger partial charge is 0.213 e. The van der Waals surface area contributed by atoms with Crippen LogP contribution in [0, 0.1) is 6.92 Å². The Bertz CT molecular complexity index is 1190. The minimum Gasteiger partial charge on any atom is -0.473 e. The van der Waals surface area contributed by atoms with E-state index in [9.17, 15) is 0 Å². The van der Waals surface area contributed by atoms with Crippen LogP contribution in [0.1, 0.15) is 30.5 Å². The van der Waals surface area contributed by atoms with Crippen molar-refractivity contribution >= 4 is 16.6 Å². The number of piperidine rings is 1. The highest BCUT2D eigenvalue weighted by atomic mass is 16.5. The van der Waals surface area contributed by atoms with Gasteiger partial charge in [-0.15, -0.1) is 0 Å². The summed E-state index contributed by atoms with van der Waals surface area (Å²) in [6, 6.07) is 20.7. The van der Waals surface area contributed by atoms with Gasteiger partial charge in [-0.05, 0) is 43.9 Å². The zero-order valence-corrected chi connectivity index (χ0v) is 18.2. The number of para-hydroxylation sites is 1. The average molecular weight is 413 g/mol. The first-order valence-corrected chi connectivity index (χ1v) is 11.1. The fourth-order valence-corrected chi connectivity index (χ4v) is 4.51. The Morgan fingerprint density at radius 2 is 1.71 bits per heavy atom. The van der Waals surface area contributed by atoms with E-state index in [1.54, 1.807) is 0 Å². The molecule has 2 aromatic heterocycles. The predicted octanol–water partition coefficient (Wildman–Crippen LogP) is 5.51. The van der Waals surface area contributed by atoms with E-state index < -0.39 is 0 Å². The number of hydrogen-bond donors (Lipinski definition) is 0. The number of anilines is 1. The van der Waals surface area contributed by atoms with Gasteiger partial charge < -0.3 is 9.64 Å². The SMILES string of the molecule is Cc1nc(OCc2ccccc2)ccc1-c1nn(C)c2c(N3CCCCC3)cccc12. The van der Waals surface area contributed by atoms with Crippen LogP contribution in [0.3, 0.4) is 0 Å². The van der Waals surface area contributed by atoms with E-state index >= 15 is 0 Å². The minimum atomic E-state index is 0.512. The van der Waals surface area contributed by atoms with Gasteiger partial charge in [0.05, 0.1) is 16.9 Å². The molecular weight excluding hydrogens is 384 g/mol. The second-order valence-corrected chi connectivity index (χ2v) is 8.25. The van der Waals surface area contributed by atoms with Crippen LogP contribution in [0.15, 0.2) is 60.7 Å². The molecule has 0 saturated carbocycles. The second kappa shape index (κ2) is 8.42. The van der Waals surface area contributed by atoms with Crippen molar-refractivity contribution < 1.29 is 4.74 Å². The van der Waals surface area contributed by atoms with E-state index in [0.29, 0.717) is 12.5 Å². The largest absolute Gasteiger partial charge is 0.473 e. The molecule has 2 aromatic carbocycles. The number of hydrogen-bond acceptors (Lipinski definition) is 4. The molecule has 31 heavy (non-hydrogen) atoms. The van der Waals surface area contributed by atoms with Crippen LogP contribution < -0.4 is 9.64 Å². The number of pyridine rings is 1. The standard InChI is InChI=1S/C26H28N4O/c1-19-21(14-15-24(27-19)31-18-20-10-5-3-6-11-20)25-22-12-9-13-23(26(22)29(2)28-25)30-16-7-4-8-17-30/h3,5-6,9-15H,4,7-8,16-18H2,1-2H3. The molecule has 5 rings (SSSR count). The molecule has 0 amide bonds. The van der Waals surface area contributed by atoms with Crippen LogP contribution in [0.25, 0.3) is 22.2 Å². The third kappa shape index (κ3) is 3.88. The molecular formula is C26H28N4O. The molecule has 0 atom stereocenters. The molecule has 0 spiro atoms. The van der Waals surface area contributed by atoms with Crippen LogP contribution >= 0.6 is 0 Å². The van der Waals surface area contributed by atoms with Gasteiger partial charge in [0, 0.05) is 37.2 Å². The van der Waals surface area contributed by atoms with E-state index in [0.717, 1.165) is 35.6 Å². The Balaban J connectivity index is 1.46. The highest BCUT2D eigenvalue weighted by molar-refractivity contribution is 6.00. The lowest BCUT2D eigenvalue weighted by molar-refractivity contribution is 0.293. The van der Waals surface area contributed by atoms with Crippen molar-refractivity contribution in [2.75, 3.05) is 18.0 Å². The highest BCUT2D eigenvalue weighted by Crippen LogP contribution is 2.35. The molecule has 1 aliphatic rings.